The highest BCUT2D eigenvalue weighted by molar-refractivity contribution is 7.89. The molecule has 5 nitrogen and oxygen atoms in total. The smallest absolute Gasteiger partial charge is 0.243 e. The Labute approximate surface area is 93.1 Å². The summed E-state index contributed by atoms with van der Waals surface area (Å²) in [6.07, 6.45) is -0.848. The average Bonchev–Trinajstić information content (AvgIpc) is 2.19. The Balaban J connectivity index is 3.02. The van der Waals surface area contributed by atoms with Gasteiger partial charge >= 0.3 is 0 Å². The number of hydrogen-bond donors (Lipinski definition) is 3. The van der Waals surface area contributed by atoms with Crippen molar-refractivity contribution in [3.63, 3.8) is 0 Å². The third-order valence-electron chi connectivity index (χ3n) is 1.81. The summed E-state index contributed by atoms with van der Waals surface area (Å²) >= 11 is 0. The zero-order chi connectivity index (χ0) is 12.3. The molecule has 0 saturated heterocycles. The van der Waals surface area contributed by atoms with Gasteiger partial charge in [0.25, 0.3) is 0 Å². The van der Waals surface area contributed by atoms with E-state index in [1.807, 2.05) is 0 Å². The molecule has 0 fully saturated rings. The molecule has 90 valence electrons. The summed E-state index contributed by atoms with van der Waals surface area (Å²) in [6.45, 7) is 1.23. The van der Waals surface area contributed by atoms with Gasteiger partial charge in [0.05, 0.1) is 6.10 Å². The summed E-state index contributed by atoms with van der Waals surface area (Å²) in [4.78, 5) is -0.520. The van der Waals surface area contributed by atoms with E-state index >= 15 is 0 Å². The fraction of sp³-hybridized carbons (Fsp3) is 0.333. The number of nitrogen functional groups attached to an aromatic ring is 1. The molecular weight excluding hydrogens is 235 g/mol. The quantitative estimate of drug-likeness (QED) is 0.657. The molecule has 0 aromatic heterocycles. The van der Waals surface area contributed by atoms with Crippen LogP contribution < -0.4 is 10.5 Å². The van der Waals surface area contributed by atoms with Crippen molar-refractivity contribution in [3.05, 3.63) is 24.0 Å². The van der Waals surface area contributed by atoms with Gasteiger partial charge in [-0.25, -0.2) is 17.5 Å². The van der Waals surface area contributed by atoms with Gasteiger partial charge in [0.15, 0.2) is 0 Å². The van der Waals surface area contributed by atoms with Gasteiger partial charge in [-0.05, 0) is 25.1 Å². The summed E-state index contributed by atoms with van der Waals surface area (Å²) in [5.41, 5.74) is 5.52. The lowest BCUT2D eigenvalue weighted by atomic mass is 10.3. The minimum atomic E-state index is -3.97. The van der Waals surface area contributed by atoms with E-state index in [9.17, 15) is 12.8 Å². The minimum Gasteiger partial charge on any atom is -0.399 e. The van der Waals surface area contributed by atoms with Crippen LogP contribution in [0.2, 0.25) is 0 Å². The number of anilines is 1. The molecule has 0 radical (unpaired) electrons. The van der Waals surface area contributed by atoms with E-state index in [1.165, 1.54) is 13.0 Å². The molecule has 0 amide bonds. The van der Waals surface area contributed by atoms with Gasteiger partial charge in [0, 0.05) is 12.2 Å². The van der Waals surface area contributed by atoms with E-state index in [-0.39, 0.29) is 12.2 Å². The van der Waals surface area contributed by atoms with Crippen LogP contribution in [0.1, 0.15) is 6.92 Å². The molecule has 0 unspecified atom stereocenters. The normalized spacial score (nSPS) is 13.7. The lowest BCUT2D eigenvalue weighted by molar-refractivity contribution is 0.198. The molecule has 0 aliphatic heterocycles. The lowest BCUT2D eigenvalue weighted by Gasteiger charge is -2.09. The third-order valence-corrected chi connectivity index (χ3v) is 3.25. The molecule has 0 aliphatic carbocycles. The first-order valence-corrected chi connectivity index (χ1v) is 6.04. The summed E-state index contributed by atoms with van der Waals surface area (Å²) < 4.78 is 38.5. The highest BCUT2D eigenvalue weighted by atomic mass is 32.2. The summed E-state index contributed by atoms with van der Waals surface area (Å²) in [7, 11) is -3.97. The third kappa shape index (κ3) is 3.16. The van der Waals surface area contributed by atoms with Crippen molar-refractivity contribution in [2.75, 3.05) is 12.3 Å². The molecule has 0 saturated carbocycles. The van der Waals surface area contributed by atoms with Gasteiger partial charge in [-0.1, -0.05) is 0 Å². The second-order valence-corrected chi connectivity index (χ2v) is 5.13. The summed E-state index contributed by atoms with van der Waals surface area (Å²) in [5, 5.41) is 8.94. The topological polar surface area (TPSA) is 92.4 Å². The number of aliphatic hydroxyl groups excluding tert-OH is 1. The fourth-order valence-electron chi connectivity index (χ4n) is 1.03. The van der Waals surface area contributed by atoms with Gasteiger partial charge in [0.1, 0.15) is 10.7 Å². The number of rotatable bonds is 4. The van der Waals surface area contributed by atoms with Crippen LogP contribution in [0.15, 0.2) is 23.1 Å². The van der Waals surface area contributed by atoms with Gasteiger partial charge in [-0.3, -0.25) is 0 Å². The molecule has 4 N–H and O–H groups in total. The van der Waals surface area contributed by atoms with Crippen molar-refractivity contribution < 1.29 is 17.9 Å². The first-order chi connectivity index (χ1) is 7.33. The summed E-state index contributed by atoms with van der Waals surface area (Å²) in [5.74, 6) is -0.882. The van der Waals surface area contributed by atoms with Crippen LogP contribution in [0.25, 0.3) is 0 Å². The molecule has 0 bridgehead atoms. The largest absolute Gasteiger partial charge is 0.399 e. The number of nitrogens with one attached hydrogen (secondary N) is 1. The van der Waals surface area contributed by atoms with Crippen LogP contribution in [0, 0.1) is 5.82 Å². The molecule has 1 rings (SSSR count). The average molecular weight is 248 g/mol. The number of halogens is 1. The Bertz CT molecular complexity index is 474. The molecule has 7 heteroatoms. The predicted octanol–water partition coefficient (Wildman–Crippen LogP) is 0.0670. The monoisotopic (exact) mass is 248 g/mol. The standard InChI is InChI=1S/C9H13FN2O3S/c1-6(13)5-12-16(14,15)9-4-7(11)2-3-8(9)10/h2-4,6,12-13H,5,11H2,1H3/t6-/m0/s1. The van der Waals surface area contributed by atoms with E-state index in [0.717, 1.165) is 12.1 Å². The molecule has 0 spiro atoms. The Morgan fingerprint density at radius 2 is 2.19 bits per heavy atom. The zero-order valence-electron chi connectivity index (χ0n) is 8.64. The molecule has 16 heavy (non-hydrogen) atoms. The van der Waals surface area contributed by atoms with Gasteiger partial charge in [-0.15, -0.1) is 0 Å². The number of nitrogens with two attached hydrogens (primary N) is 1. The lowest BCUT2D eigenvalue weighted by Crippen LogP contribution is -2.31. The second kappa shape index (κ2) is 4.77. The van der Waals surface area contributed by atoms with Crippen molar-refractivity contribution in [2.45, 2.75) is 17.9 Å². The number of aliphatic hydroxyl groups is 1. The van der Waals surface area contributed by atoms with Gasteiger partial charge < -0.3 is 10.8 Å². The minimum absolute atomic E-state index is 0.152. The number of hydrogen-bond acceptors (Lipinski definition) is 4. The van der Waals surface area contributed by atoms with E-state index < -0.39 is 26.8 Å². The SMILES string of the molecule is C[C@H](O)CNS(=O)(=O)c1cc(N)ccc1F. The van der Waals surface area contributed by atoms with E-state index in [0.29, 0.717) is 0 Å². The maximum atomic E-state index is 13.3. The molecule has 1 atom stereocenters. The predicted molar refractivity (Wildman–Crippen MR) is 57.7 cm³/mol. The van der Waals surface area contributed by atoms with Gasteiger partial charge in [0.2, 0.25) is 10.0 Å². The van der Waals surface area contributed by atoms with Crippen molar-refractivity contribution in [3.8, 4) is 0 Å². The Kier molecular flexibility index (Phi) is 3.84. The Morgan fingerprint density at radius 3 is 2.75 bits per heavy atom. The van der Waals surface area contributed by atoms with Crippen molar-refractivity contribution in [1.29, 1.82) is 0 Å². The fourth-order valence-corrected chi connectivity index (χ4v) is 2.27. The highest BCUT2D eigenvalue weighted by Crippen LogP contribution is 2.17. The number of sulfonamides is 1. The van der Waals surface area contributed by atoms with Crippen molar-refractivity contribution in [1.82, 2.24) is 4.72 Å². The van der Waals surface area contributed by atoms with E-state index in [4.69, 9.17) is 10.8 Å². The maximum Gasteiger partial charge on any atom is 0.243 e. The molecular formula is C9H13FN2O3S. The summed E-state index contributed by atoms with van der Waals surface area (Å²) in [6, 6.07) is 3.27. The zero-order valence-corrected chi connectivity index (χ0v) is 9.46. The Morgan fingerprint density at radius 1 is 1.56 bits per heavy atom. The second-order valence-electron chi connectivity index (χ2n) is 3.39. The first-order valence-electron chi connectivity index (χ1n) is 4.55. The van der Waals surface area contributed by atoms with Crippen molar-refractivity contribution in [2.24, 2.45) is 0 Å². The number of benzene rings is 1. The van der Waals surface area contributed by atoms with E-state index in [2.05, 4.69) is 4.72 Å². The molecule has 0 heterocycles. The van der Waals surface area contributed by atoms with Crippen molar-refractivity contribution >= 4 is 15.7 Å². The van der Waals surface area contributed by atoms with Crippen LogP contribution in [0.5, 0.6) is 0 Å². The van der Waals surface area contributed by atoms with Crippen LogP contribution >= 0.6 is 0 Å². The first kappa shape index (κ1) is 12.9. The highest BCUT2D eigenvalue weighted by Gasteiger charge is 2.19. The van der Waals surface area contributed by atoms with Crippen LogP contribution in [-0.4, -0.2) is 26.2 Å². The molecule has 1 aromatic carbocycles. The molecule has 0 aliphatic rings. The maximum absolute atomic E-state index is 13.3. The molecule has 1 aromatic rings. The van der Waals surface area contributed by atoms with Gasteiger partial charge in [-0.2, -0.15) is 0 Å². The van der Waals surface area contributed by atoms with Crippen LogP contribution in [0.4, 0.5) is 10.1 Å². The van der Waals surface area contributed by atoms with Crippen LogP contribution in [-0.2, 0) is 10.0 Å². The Hall–Kier alpha value is -1.18. The van der Waals surface area contributed by atoms with E-state index in [1.54, 1.807) is 0 Å². The van der Waals surface area contributed by atoms with Crippen LogP contribution in [0.3, 0.4) is 0 Å².